The second-order valence-electron chi connectivity index (χ2n) is 6.06. The number of piperidine rings is 1. The largest absolute Gasteiger partial charge is 0.379 e. The molecular formula is C17H25N3O2. The molecule has 2 fully saturated rings. The topological polar surface area (TPSA) is 53.6 Å². The van der Waals surface area contributed by atoms with E-state index in [0.717, 1.165) is 26.1 Å². The number of ether oxygens (including phenoxy) is 1. The molecule has 1 aromatic rings. The number of rotatable bonds is 4. The van der Waals surface area contributed by atoms with Gasteiger partial charge >= 0.3 is 6.03 Å². The minimum atomic E-state index is -0.107. The zero-order valence-electron chi connectivity index (χ0n) is 13.0. The average molecular weight is 303 g/mol. The van der Waals surface area contributed by atoms with Crippen LogP contribution in [0.5, 0.6) is 0 Å². The van der Waals surface area contributed by atoms with E-state index < -0.39 is 0 Å². The van der Waals surface area contributed by atoms with Crippen molar-refractivity contribution in [1.82, 2.24) is 10.6 Å². The molecule has 5 nitrogen and oxygen atoms in total. The van der Waals surface area contributed by atoms with Crippen LogP contribution in [-0.2, 0) is 11.3 Å². The molecule has 22 heavy (non-hydrogen) atoms. The first kappa shape index (κ1) is 15.2. The lowest BCUT2D eigenvalue weighted by Gasteiger charge is -2.30. The Morgan fingerprint density at radius 3 is 2.82 bits per heavy atom. The summed E-state index contributed by atoms with van der Waals surface area (Å²) in [7, 11) is 0. The van der Waals surface area contributed by atoms with Crippen LogP contribution in [0.25, 0.3) is 0 Å². The fourth-order valence-corrected chi connectivity index (χ4v) is 3.16. The Morgan fingerprint density at radius 1 is 1.23 bits per heavy atom. The summed E-state index contributed by atoms with van der Waals surface area (Å²) >= 11 is 0. The second-order valence-corrected chi connectivity index (χ2v) is 6.06. The van der Waals surface area contributed by atoms with Crippen molar-refractivity contribution in [2.45, 2.75) is 38.3 Å². The summed E-state index contributed by atoms with van der Waals surface area (Å²) in [5, 5.41) is 5.93. The maximum atomic E-state index is 12.0. The van der Waals surface area contributed by atoms with Crippen LogP contribution in [-0.4, -0.2) is 38.4 Å². The van der Waals surface area contributed by atoms with Crippen LogP contribution in [0.3, 0.4) is 0 Å². The van der Waals surface area contributed by atoms with Crippen LogP contribution < -0.4 is 15.5 Å². The number of anilines is 1. The average Bonchev–Trinajstić information content (AvgIpc) is 3.07. The third-order valence-electron chi connectivity index (χ3n) is 4.39. The molecule has 2 saturated heterocycles. The molecule has 0 saturated carbocycles. The van der Waals surface area contributed by atoms with Crippen LogP contribution in [0, 0.1) is 0 Å². The van der Waals surface area contributed by atoms with E-state index >= 15 is 0 Å². The molecule has 2 aliphatic heterocycles. The van der Waals surface area contributed by atoms with E-state index in [4.69, 9.17) is 4.74 Å². The van der Waals surface area contributed by atoms with Crippen LogP contribution >= 0.6 is 0 Å². The van der Waals surface area contributed by atoms with Gasteiger partial charge in [-0.1, -0.05) is 18.2 Å². The van der Waals surface area contributed by atoms with E-state index in [2.05, 4.69) is 33.7 Å². The van der Waals surface area contributed by atoms with Crippen molar-refractivity contribution in [1.29, 1.82) is 0 Å². The predicted octanol–water partition coefficient (Wildman–Crippen LogP) is 2.27. The van der Waals surface area contributed by atoms with Crippen molar-refractivity contribution in [2.75, 3.05) is 31.2 Å². The fourth-order valence-electron chi connectivity index (χ4n) is 3.16. The van der Waals surface area contributed by atoms with E-state index in [0.29, 0.717) is 13.2 Å². The molecule has 2 N–H and O–H groups in total. The molecule has 0 spiro atoms. The van der Waals surface area contributed by atoms with Gasteiger partial charge in [0.15, 0.2) is 0 Å². The summed E-state index contributed by atoms with van der Waals surface area (Å²) in [5.41, 5.74) is 2.44. The Hall–Kier alpha value is -1.75. The van der Waals surface area contributed by atoms with Gasteiger partial charge in [0, 0.05) is 31.9 Å². The fraction of sp³-hybridized carbons (Fsp3) is 0.588. The molecule has 1 aromatic carbocycles. The maximum absolute atomic E-state index is 12.0. The van der Waals surface area contributed by atoms with Gasteiger partial charge in [0.1, 0.15) is 0 Å². The zero-order valence-corrected chi connectivity index (χ0v) is 13.0. The van der Waals surface area contributed by atoms with Gasteiger partial charge in [-0.25, -0.2) is 4.79 Å². The van der Waals surface area contributed by atoms with Crippen molar-refractivity contribution >= 4 is 11.7 Å². The number of amides is 2. The van der Waals surface area contributed by atoms with E-state index in [1.807, 2.05) is 6.07 Å². The van der Waals surface area contributed by atoms with Crippen LogP contribution in [0.15, 0.2) is 24.3 Å². The zero-order chi connectivity index (χ0) is 15.2. The molecule has 5 heteroatoms. The number of hydrogen-bond donors (Lipinski definition) is 2. The highest BCUT2D eigenvalue weighted by atomic mass is 16.5. The lowest BCUT2D eigenvalue weighted by Crippen LogP contribution is -2.42. The molecule has 0 bridgehead atoms. The van der Waals surface area contributed by atoms with Gasteiger partial charge in [-0.05, 0) is 37.3 Å². The molecule has 2 amide bonds. The molecule has 0 unspecified atom stereocenters. The molecule has 2 heterocycles. The van der Waals surface area contributed by atoms with E-state index in [9.17, 15) is 4.79 Å². The molecule has 0 aliphatic carbocycles. The first-order valence-electron chi connectivity index (χ1n) is 8.28. The molecule has 1 atom stereocenters. The van der Waals surface area contributed by atoms with Crippen LogP contribution in [0.1, 0.15) is 31.2 Å². The summed E-state index contributed by atoms with van der Waals surface area (Å²) in [4.78, 5) is 14.4. The van der Waals surface area contributed by atoms with E-state index in [-0.39, 0.29) is 12.1 Å². The van der Waals surface area contributed by atoms with E-state index in [1.165, 1.54) is 30.5 Å². The minimum Gasteiger partial charge on any atom is -0.379 e. The summed E-state index contributed by atoms with van der Waals surface area (Å²) in [6.45, 7) is 4.15. The van der Waals surface area contributed by atoms with E-state index in [1.54, 1.807) is 0 Å². The molecule has 3 rings (SSSR count). The smallest absolute Gasteiger partial charge is 0.315 e. The summed E-state index contributed by atoms with van der Waals surface area (Å²) in [6.07, 6.45) is 4.73. The number of carbonyl (C=O) groups excluding carboxylic acids is 1. The number of carbonyl (C=O) groups is 1. The molecular weight excluding hydrogens is 278 g/mol. The minimum absolute atomic E-state index is 0.107. The van der Waals surface area contributed by atoms with Crippen LogP contribution in [0.4, 0.5) is 10.5 Å². The number of urea groups is 1. The highest BCUT2D eigenvalue weighted by Gasteiger charge is 2.18. The predicted molar refractivity (Wildman–Crippen MR) is 87.1 cm³/mol. The first-order chi connectivity index (χ1) is 10.8. The number of benzene rings is 1. The van der Waals surface area contributed by atoms with Crippen molar-refractivity contribution in [3.05, 3.63) is 29.8 Å². The lowest BCUT2D eigenvalue weighted by molar-refractivity contribution is 0.188. The summed E-state index contributed by atoms with van der Waals surface area (Å²) in [6, 6.07) is 8.41. The number of nitrogens with one attached hydrogen (secondary N) is 2. The van der Waals surface area contributed by atoms with Gasteiger partial charge in [0.05, 0.1) is 12.6 Å². The Balaban J connectivity index is 1.56. The highest BCUT2D eigenvalue weighted by molar-refractivity contribution is 5.74. The Labute approximate surface area is 132 Å². The standard InChI is InChI=1S/C17H25N3O2/c21-17(19-15-8-11-22-13-15)18-12-14-6-2-3-7-16(14)20-9-4-1-5-10-20/h2-3,6-7,15H,1,4-5,8-13H2,(H2,18,19,21)/t15-/m1/s1. The van der Waals surface area contributed by atoms with Crippen molar-refractivity contribution in [3.63, 3.8) is 0 Å². The van der Waals surface area contributed by atoms with Gasteiger partial charge in [0.2, 0.25) is 0 Å². The number of hydrogen-bond acceptors (Lipinski definition) is 3. The van der Waals surface area contributed by atoms with Gasteiger partial charge < -0.3 is 20.3 Å². The molecule has 0 radical (unpaired) electrons. The monoisotopic (exact) mass is 303 g/mol. The Kier molecular flexibility index (Phi) is 5.16. The maximum Gasteiger partial charge on any atom is 0.315 e. The third kappa shape index (κ3) is 3.91. The van der Waals surface area contributed by atoms with Crippen molar-refractivity contribution < 1.29 is 9.53 Å². The van der Waals surface area contributed by atoms with Crippen LogP contribution in [0.2, 0.25) is 0 Å². The van der Waals surface area contributed by atoms with Gasteiger partial charge in [0.25, 0.3) is 0 Å². The third-order valence-corrected chi connectivity index (χ3v) is 4.39. The number of para-hydroxylation sites is 1. The number of nitrogens with zero attached hydrogens (tertiary/aromatic N) is 1. The quantitative estimate of drug-likeness (QED) is 0.897. The van der Waals surface area contributed by atoms with Gasteiger partial charge in [-0.3, -0.25) is 0 Å². The Morgan fingerprint density at radius 2 is 2.05 bits per heavy atom. The van der Waals surface area contributed by atoms with Crippen molar-refractivity contribution in [2.24, 2.45) is 0 Å². The molecule has 120 valence electrons. The highest BCUT2D eigenvalue weighted by Crippen LogP contribution is 2.23. The van der Waals surface area contributed by atoms with Gasteiger partial charge in [-0.15, -0.1) is 0 Å². The molecule has 2 aliphatic rings. The molecule has 0 aromatic heterocycles. The summed E-state index contributed by atoms with van der Waals surface area (Å²) in [5.74, 6) is 0. The Bertz CT molecular complexity index is 494. The first-order valence-corrected chi connectivity index (χ1v) is 8.28. The van der Waals surface area contributed by atoms with Crippen molar-refractivity contribution in [3.8, 4) is 0 Å². The normalized spacial score (nSPS) is 21.6. The van der Waals surface area contributed by atoms with Gasteiger partial charge in [-0.2, -0.15) is 0 Å². The lowest BCUT2D eigenvalue weighted by atomic mass is 10.1. The second kappa shape index (κ2) is 7.49. The summed E-state index contributed by atoms with van der Waals surface area (Å²) < 4.78 is 5.27. The SMILES string of the molecule is O=C(NCc1ccccc1N1CCCCC1)N[C@@H]1CCOC1.